The number of halogens is 1. The van der Waals surface area contributed by atoms with Crippen molar-refractivity contribution in [1.29, 1.82) is 0 Å². The lowest BCUT2D eigenvalue weighted by Gasteiger charge is -2.06. The van der Waals surface area contributed by atoms with E-state index in [9.17, 15) is 9.59 Å². The first-order valence-corrected chi connectivity index (χ1v) is 7.70. The molecule has 0 unspecified atom stereocenters. The second-order valence-corrected chi connectivity index (χ2v) is 5.23. The molecule has 0 radical (unpaired) electrons. The van der Waals surface area contributed by atoms with E-state index in [4.69, 9.17) is 16.3 Å². The Bertz CT molecular complexity index is 445. The summed E-state index contributed by atoms with van der Waals surface area (Å²) in [5.41, 5.74) is 0.521. The van der Waals surface area contributed by atoms with Gasteiger partial charge in [0, 0.05) is 17.1 Å². The molecule has 0 atom stereocenters. The number of rotatable bonds is 9. The van der Waals surface area contributed by atoms with Crippen LogP contribution in [-0.4, -0.2) is 25.0 Å². The van der Waals surface area contributed by atoms with E-state index in [1.807, 2.05) is 0 Å². The van der Waals surface area contributed by atoms with Crippen LogP contribution in [0.5, 0.6) is 0 Å². The Labute approximate surface area is 130 Å². The van der Waals surface area contributed by atoms with Crippen molar-refractivity contribution in [2.75, 3.05) is 13.2 Å². The van der Waals surface area contributed by atoms with Gasteiger partial charge >= 0.3 is 5.97 Å². The summed E-state index contributed by atoms with van der Waals surface area (Å²) in [6, 6.07) is 6.59. The third kappa shape index (κ3) is 7.71. The molecule has 0 heterocycles. The first-order chi connectivity index (χ1) is 10.1. The highest BCUT2D eigenvalue weighted by atomic mass is 35.5. The molecule has 0 spiro atoms. The van der Waals surface area contributed by atoms with Crippen molar-refractivity contribution in [1.82, 2.24) is 5.32 Å². The normalized spacial score (nSPS) is 10.2. The van der Waals surface area contributed by atoms with Crippen molar-refractivity contribution in [2.45, 2.75) is 39.0 Å². The molecule has 1 aromatic carbocycles. The molecule has 0 aromatic heterocycles. The first-order valence-electron chi connectivity index (χ1n) is 7.33. The molecule has 1 amide bonds. The van der Waals surface area contributed by atoms with E-state index in [0.29, 0.717) is 17.2 Å². The van der Waals surface area contributed by atoms with Crippen molar-refractivity contribution < 1.29 is 14.3 Å². The quantitative estimate of drug-likeness (QED) is 0.560. The monoisotopic (exact) mass is 311 g/mol. The molecule has 1 N–H and O–H groups in total. The Morgan fingerprint density at radius 3 is 2.52 bits per heavy atom. The van der Waals surface area contributed by atoms with Gasteiger partial charge in [0.2, 0.25) is 0 Å². The Hall–Kier alpha value is -1.55. The second kappa shape index (κ2) is 10.2. The van der Waals surface area contributed by atoms with Crippen LogP contribution in [0.25, 0.3) is 0 Å². The van der Waals surface area contributed by atoms with E-state index >= 15 is 0 Å². The average molecular weight is 312 g/mol. The molecule has 0 fully saturated rings. The lowest BCUT2D eigenvalue weighted by molar-refractivity contribution is -0.143. The first kappa shape index (κ1) is 17.5. The summed E-state index contributed by atoms with van der Waals surface area (Å²) in [5, 5.41) is 3.26. The standard InChI is InChI=1S/C16H22ClNO3/c1-2-3-4-5-12-21-15(19)10-11-18-16(20)13-6-8-14(17)9-7-13/h6-9H,2-5,10-12H2,1H3,(H,18,20). The fourth-order valence-corrected chi connectivity index (χ4v) is 1.89. The van der Waals surface area contributed by atoms with Crippen molar-refractivity contribution >= 4 is 23.5 Å². The van der Waals surface area contributed by atoms with Crippen LogP contribution in [0.3, 0.4) is 0 Å². The minimum absolute atomic E-state index is 0.188. The van der Waals surface area contributed by atoms with Gasteiger partial charge in [-0.3, -0.25) is 9.59 Å². The second-order valence-electron chi connectivity index (χ2n) is 4.79. The van der Waals surface area contributed by atoms with Crippen LogP contribution in [0.1, 0.15) is 49.4 Å². The van der Waals surface area contributed by atoms with Crippen molar-refractivity contribution in [3.05, 3.63) is 34.9 Å². The molecule has 21 heavy (non-hydrogen) atoms. The van der Waals surface area contributed by atoms with Crippen molar-refractivity contribution in [3.8, 4) is 0 Å². The fourth-order valence-electron chi connectivity index (χ4n) is 1.77. The molecule has 116 valence electrons. The number of hydrogen-bond donors (Lipinski definition) is 1. The summed E-state index contributed by atoms with van der Waals surface area (Å²) in [5.74, 6) is -0.495. The van der Waals surface area contributed by atoms with Gasteiger partial charge in [-0.1, -0.05) is 37.8 Å². The maximum Gasteiger partial charge on any atom is 0.307 e. The number of unbranched alkanes of at least 4 members (excludes halogenated alkanes) is 3. The zero-order chi connectivity index (χ0) is 15.5. The third-order valence-electron chi connectivity index (χ3n) is 2.98. The number of carbonyl (C=O) groups is 2. The Kier molecular flexibility index (Phi) is 8.51. The highest BCUT2D eigenvalue weighted by Gasteiger charge is 2.07. The Balaban J connectivity index is 2.13. The number of carbonyl (C=O) groups excluding carboxylic acids is 2. The summed E-state index contributed by atoms with van der Waals surface area (Å²) in [4.78, 5) is 23.2. The van der Waals surface area contributed by atoms with Gasteiger partial charge in [0.1, 0.15) is 0 Å². The van der Waals surface area contributed by atoms with E-state index in [1.165, 1.54) is 0 Å². The fraction of sp³-hybridized carbons (Fsp3) is 0.500. The molecule has 0 bridgehead atoms. The summed E-state index contributed by atoms with van der Waals surface area (Å²) in [6.45, 7) is 2.87. The molecule has 0 aliphatic rings. The van der Waals surface area contributed by atoms with Crippen LogP contribution in [0.2, 0.25) is 5.02 Å². The number of ether oxygens (including phenoxy) is 1. The molecule has 4 nitrogen and oxygen atoms in total. The van der Waals surface area contributed by atoms with Gasteiger partial charge in [-0.15, -0.1) is 0 Å². The van der Waals surface area contributed by atoms with E-state index in [2.05, 4.69) is 12.2 Å². The number of nitrogens with one attached hydrogen (secondary N) is 1. The zero-order valence-electron chi connectivity index (χ0n) is 12.4. The molecule has 1 rings (SSSR count). The molecule has 0 aliphatic carbocycles. The van der Waals surface area contributed by atoms with Crippen LogP contribution < -0.4 is 5.32 Å². The highest BCUT2D eigenvalue weighted by Crippen LogP contribution is 2.09. The minimum atomic E-state index is -0.275. The van der Waals surface area contributed by atoms with E-state index in [0.717, 1.165) is 25.7 Å². The Morgan fingerprint density at radius 1 is 1.14 bits per heavy atom. The zero-order valence-corrected chi connectivity index (χ0v) is 13.1. The SMILES string of the molecule is CCCCCCOC(=O)CCNC(=O)c1ccc(Cl)cc1. The largest absolute Gasteiger partial charge is 0.466 e. The van der Waals surface area contributed by atoms with Crippen molar-refractivity contribution in [2.24, 2.45) is 0 Å². The predicted octanol–water partition coefficient (Wildman–Crippen LogP) is 3.58. The number of esters is 1. The smallest absolute Gasteiger partial charge is 0.307 e. The molecule has 0 aliphatic heterocycles. The highest BCUT2D eigenvalue weighted by molar-refractivity contribution is 6.30. The van der Waals surface area contributed by atoms with E-state index in [1.54, 1.807) is 24.3 Å². The van der Waals surface area contributed by atoms with Gasteiger partial charge < -0.3 is 10.1 Å². The molecule has 0 saturated carbocycles. The molecule has 0 saturated heterocycles. The van der Waals surface area contributed by atoms with Gasteiger partial charge in [-0.25, -0.2) is 0 Å². The lowest BCUT2D eigenvalue weighted by Crippen LogP contribution is -2.26. The summed E-state index contributed by atoms with van der Waals surface area (Å²) in [6.07, 6.45) is 4.49. The van der Waals surface area contributed by atoms with E-state index in [-0.39, 0.29) is 24.8 Å². The lowest BCUT2D eigenvalue weighted by atomic mass is 10.2. The Morgan fingerprint density at radius 2 is 1.86 bits per heavy atom. The maximum absolute atomic E-state index is 11.8. The summed E-state index contributed by atoms with van der Waals surface area (Å²) < 4.78 is 5.08. The van der Waals surface area contributed by atoms with E-state index < -0.39 is 0 Å². The van der Waals surface area contributed by atoms with Crippen LogP contribution in [0, 0.1) is 0 Å². The molecule has 1 aromatic rings. The van der Waals surface area contributed by atoms with Crippen molar-refractivity contribution in [3.63, 3.8) is 0 Å². The minimum Gasteiger partial charge on any atom is -0.466 e. The van der Waals surface area contributed by atoms with Crippen LogP contribution in [0.4, 0.5) is 0 Å². The van der Waals surface area contributed by atoms with Gasteiger partial charge in [-0.2, -0.15) is 0 Å². The predicted molar refractivity (Wildman–Crippen MR) is 83.5 cm³/mol. The number of hydrogen-bond acceptors (Lipinski definition) is 3. The summed E-state index contributed by atoms with van der Waals surface area (Å²) in [7, 11) is 0. The molecular weight excluding hydrogens is 290 g/mol. The number of benzene rings is 1. The average Bonchev–Trinajstić information content (AvgIpc) is 2.47. The van der Waals surface area contributed by atoms with Gasteiger partial charge in [-0.05, 0) is 30.7 Å². The maximum atomic E-state index is 11.8. The van der Waals surface area contributed by atoms with Crippen LogP contribution in [-0.2, 0) is 9.53 Å². The molecule has 5 heteroatoms. The number of amides is 1. The van der Waals surface area contributed by atoms with Crippen LogP contribution >= 0.6 is 11.6 Å². The van der Waals surface area contributed by atoms with Gasteiger partial charge in [0.05, 0.1) is 13.0 Å². The topological polar surface area (TPSA) is 55.4 Å². The van der Waals surface area contributed by atoms with Gasteiger partial charge in [0.15, 0.2) is 0 Å². The molecular formula is C16H22ClNO3. The summed E-state index contributed by atoms with van der Waals surface area (Å²) >= 11 is 5.75. The van der Waals surface area contributed by atoms with Crippen LogP contribution in [0.15, 0.2) is 24.3 Å². The third-order valence-corrected chi connectivity index (χ3v) is 3.23. The van der Waals surface area contributed by atoms with Gasteiger partial charge in [0.25, 0.3) is 5.91 Å².